The Labute approximate surface area is 300 Å². The Morgan fingerprint density at radius 3 is 1.39 bits per heavy atom. The molecule has 15 heteroatoms. The van der Waals surface area contributed by atoms with Gasteiger partial charge in [0.05, 0.1) is 25.3 Å². The van der Waals surface area contributed by atoms with Crippen molar-refractivity contribution in [2.24, 2.45) is 31.6 Å². The molecule has 284 valence electrons. The quantitative estimate of drug-likeness (QED) is 0.0666. The number of nitrogens with zero attached hydrogens (tertiary/aromatic N) is 2. The third kappa shape index (κ3) is 16.1. The molecule has 2 aliphatic carbocycles. The highest BCUT2D eigenvalue weighted by Crippen LogP contribution is 2.47. The third-order valence-corrected chi connectivity index (χ3v) is 8.94. The van der Waals surface area contributed by atoms with Crippen LogP contribution in [0, 0.1) is 21.7 Å². The molecule has 0 aliphatic heterocycles. The average Bonchev–Trinajstić information content (AvgIpc) is 3.02. The van der Waals surface area contributed by atoms with E-state index in [-0.39, 0.29) is 73.3 Å². The molecule has 0 spiro atoms. The van der Waals surface area contributed by atoms with Crippen LogP contribution in [0.15, 0.2) is 35.3 Å². The van der Waals surface area contributed by atoms with Gasteiger partial charge < -0.3 is 34.3 Å². The second kappa shape index (κ2) is 19.3. The van der Waals surface area contributed by atoms with Crippen LogP contribution in [-0.4, -0.2) is 100 Å². The van der Waals surface area contributed by atoms with Crippen LogP contribution in [0.5, 0.6) is 0 Å². The maximum atomic E-state index is 12.9. The molecule has 0 radical (unpaired) electrons. The van der Waals surface area contributed by atoms with Gasteiger partial charge in [-0.15, -0.1) is 0 Å². The highest BCUT2D eigenvalue weighted by Gasteiger charge is 2.43. The van der Waals surface area contributed by atoms with Gasteiger partial charge in [0.1, 0.15) is 13.2 Å². The first-order valence-corrected chi connectivity index (χ1v) is 17.0. The Kier molecular flexibility index (Phi) is 16.2. The van der Waals surface area contributed by atoms with Crippen LogP contribution < -0.4 is 10.6 Å². The maximum absolute atomic E-state index is 12.9. The van der Waals surface area contributed by atoms with Crippen LogP contribution in [0.4, 0.5) is 9.59 Å². The molecule has 2 amide bonds. The summed E-state index contributed by atoms with van der Waals surface area (Å²) in [5, 5.41) is 5.52. The molecule has 2 N–H and O–H groups in total. The topological polar surface area (TPSA) is 197 Å². The smallest absolute Gasteiger partial charge is 0.407 e. The van der Waals surface area contributed by atoms with E-state index in [0.29, 0.717) is 12.8 Å². The van der Waals surface area contributed by atoms with Gasteiger partial charge in [-0.05, 0) is 60.2 Å². The second-order valence-corrected chi connectivity index (χ2v) is 15.8. The molecule has 0 aromatic rings. The summed E-state index contributed by atoms with van der Waals surface area (Å²) in [6, 6.07) is -0.427. The van der Waals surface area contributed by atoms with E-state index in [1.807, 2.05) is 13.8 Å². The Morgan fingerprint density at radius 1 is 0.686 bits per heavy atom. The van der Waals surface area contributed by atoms with Gasteiger partial charge in [-0.1, -0.05) is 54.7 Å². The van der Waals surface area contributed by atoms with Gasteiger partial charge >= 0.3 is 24.1 Å². The summed E-state index contributed by atoms with van der Waals surface area (Å²) in [5.74, 6) is -1.48. The minimum Gasteiger partial charge on any atom is -0.458 e. The fourth-order valence-corrected chi connectivity index (χ4v) is 7.75. The minimum atomic E-state index is -1.07. The lowest BCUT2D eigenvalue weighted by atomic mass is 9.62. The molecule has 2 fully saturated rings. The van der Waals surface area contributed by atoms with Crippen LogP contribution in [0.1, 0.15) is 80.1 Å². The van der Waals surface area contributed by atoms with E-state index in [1.165, 1.54) is 0 Å². The first kappa shape index (κ1) is 42.8. The summed E-state index contributed by atoms with van der Waals surface area (Å²) in [4.78, 5) is 79.0. The van der Waals surface area contributed by atoms with Crippen molar-refractivity contribution in [1.82, 2.24) is 10.6 Å². The Balaban J connectivity index is 2.02. The molecular weight excluding hydrogens is 664 g/mol. The number of ether oxygens (including phenoxy) is 5. The van der Waals surface area contributed by atoms with Crippen molar-refractivity contribution >= 4 is 36.3 Å². The van der Waals surface area contributed by atoms with Crippen LogP contribution in [0.25, 0.3) is 0 Å². The molecule has 2 aliphatic rings. The molecule has 0 aromatic heterocycles. The molecule has 51 heavy (non-hydrogen) atoms. The number of esters is 2. The van der Waals surface area contributed by atoms with E-state index in [9.17, 15) is 28.8 Å². The number of hydrogen-bond donors (Lipinski definition) is 2. The Morgan fingerprint density at radius 2 is 1.06 bits per heavy atom. The zero-order chi connectivity index (χ0) is 38.3. The Hall–Kier alpha value is -4.32. The summed E-state index contributed by atoms with van der Waals surface area (Å²) >= 11 is 0. The van der Waals surface area contributed by atoms with Crippen molar-refractivity contribution in [3.8, 4) is 0 Å². The van der Waals surface area contributed by atoms with Crippen LogP contribution >= 0.6 is 0 Å². The predicted octanol–water partition coefficient (Wildman–Crippen LogP) is 4.49. The molecule has 0 saturated heterocycles. The van der Waals surface area contributed by atoms with E-state index >= 15 is 0 Å². The number of nitrogens with one attached hydrogen (secondary N) is 2. The highest BCUT2D eigenvalue weighted by atomic mass is 16.6. The second-order valence-electron chi connectivity index (χ2n) is 15.8. The SMILES string of the molecule is C=CC(=O)OCC(COCC(COC(=O)C=C)OC(=O)NCC1(C)CC(N=C=O)CC(C)(C)C1)OC(=O)NCC1(C)CC(N=C=O)CC(C)(C)C1. The molecule has 6 atom stereocenters. The first-order chi connectivity index (χ1) is 23.8. The number of alkyl carbamates (subject to hydrolysis) is 2. The van der Waals surface area contributed by atoms with Crippen molar-refractivity contribution in [3.63, 3.8) is 0 Å². The number of aliphatic imine (C=N–C) groups is 2. The third-order valence-electron chi connectivity index (χ3n) is 8.94. The Bertz CT molecular complexity index is 1250. The fourth-order valence-electron chi connectivity index (χ4n) is 7.75. The first-order valence-electron chi connectivity index (χ1n) is 17.0. The summed E-state index contributed by atoms with van der Waals surface area (Å²) < 4.78 is 26.9. The zero-order valence-corrected chi connectivity index (χ0v) is 30.7. The van der Waals surface area contributed by atoms with Gasteiger partial charge in [0.25, 0.3) is 0 Å². The van der Waals surface area contributed by atoms with Crippen molar-refractivity contribution in [2.75, 3.05) is 39.5 Å². The fraction of sp³-hybridized carbons (Fsp3) is 0.722. The number of isocyanates is 2. The van der Waals surface area contributed by atoms with Gasteiger partial charge in [0.15, 0.2) is 12.2 Å². The lowest BCUT2D eigenvalue weighted by molar-refractivity contribution is -0.143. The maximum Gasteiger partial charge on any atom is 0.407 e. The number of hydrogen-bond acceptors (Lipinski definition) is 13. The molecule has 0 heterocycles. The standard InChI is InChI=1S/C36H54N4O11/c1-9-29(43)48-17-27(50-31(45)37-21-35(7)13-25(39-23-41)11-33(3,4)19-35)15-47-16-28(18-49-30(44)10-2)51-32(46)38-22-36(8)14-26(40-24-42)12-34(5,6)20-36/h9-10,25-28H,1-2,11-22H2,3-8H3,(H,37,45)(H,38,46). The number of rotatable bonds is 18. The van der Waals surface area contributed by atoms with E-state index in [0.717, 1.165) is 37.8 Å². The van der Waals surface area contributed by atoms with E-state index in [1.54, 1.807) is 12.2 Å². The van der Waals surface area contributed by atoms with E-state index in [4.69, 9.17) is 23.7 Å². The van der Waals surface area contributed by atoms with Gasteiger partial charge in [-0.3, -0.25) is 0 Å². The van der Waals surface area contributed by atoms with E-state index < -0.39 is 36.3 Å². The summed E-state index contributed by atoms with van der Waals surface area (Å²) in [6.45, 7) is 18.2. The summed E-state index contributed by atoms with van der Waals surface area (Å²) in [6.07, 6.45) is 5.64. The largest absolute Gasteiger partial charge is 0.458 e. The molecule has 2 saturated carbocycles. The molecular formula is C36H54N4O11. The van der Waals surface area contributed by atoms with Crippen LogP contribution in [0.2, 0.25) is 0 Å². The van der Waals surface area contributed by atoms with Gasteiger partial charge in [0, 0.05) is 25.2 Å². The molecule has 0 bridgehead atoms. The lowest BCUT2D eigenvalue weighted by Crippen LogP contribution is -2.46. The average molecular weight is 719 g/mol. The van der Waals surface area contributed by atoms with Gasteiger partial charge in [0.2, 0.25) is 12.2 Å². The highest BCUT2D eigenvalue weighted by molar-refractivity contribution is 5.81. The van der Waals surface area contributed by atoms with Crippen molar-refractivity contribution in [2.45, 2.75) is 104 Å². The number of amides is 2. The molecule has 6 unspecified atom stereocenters. The molecule has 2 rings (SSSR count). The van der Waals surface area contributed by atoms with Crippen molar-refractivity contribution < 1.29 is 52.5 Å². The summed E-state index contributed by atoms with van der Waals surface area (Å²) in [5.41, 5.74) is -0.990. The molecule has 15 nitrogen and oxygen atoms in total. The summed E-state index contributed by atoms with van der Waals surface area (Å²) in [7, 11) is 0. The van der Waals surface area contributed by atoms with E-state index in [2.05, 4.69) is 61.5 Å². The van der Waals surface area contributed by atoms with Gasteiger partial charge in [-0.2, -0.15) is 0 Å². The number of carbonyl (C=O) groups is 4. The normalized spacial score (nSPS) is 25.9. The monoisotopic (exact) mass is 718 g/mol. The van der Waals surface area contributed by atoms with Crippen LogP contribution in [-0.2, 0) is 42.9 Å². The zero-order valence-electron chi connectivity index (χ0n) is 30.7. The van der Waals surface area contributed by atoms with Crippen molar-refractivity contribution in [3.05, 3.63) is 25.3 Å². The lowest BCUT2D eigenvalue weighted by Gasteiger charge is -2.45. The predicted molar refractivity (Wildman–Crippen MR) is 185 cm³/mol. The van der Waals surface area contributed by atoms with Crippen molar-refractivity contribution in [1.29, 1.82) is 0 Å². The minimum absolute atomic E-state index is 0.117. The van der Waals surface area contributed by atoms with Crippen LogP contribution in [0.3, 0.4) is 0 Å². The molecule has 0 aromatic carbocycles. The van der Waals surface area contributed by atoms with Gasteiger partial charge in [-0.25, -0.2) is 38.8 Å². The number of carbonyl (C=O) groups excluding carboxylic acids is 6.